The molecule has 0 radical (unpaired) electrons. The van der Waals surface area contributed by atoms with Gasteiger partial charge in [-0.3, -0.25) is 0 Å². The summed E-state index contributed by atoms with van der Waals surface area (Å²) in [7, 11) is 0. The van der Waals surface area contributed by atoms with Gasteiger partial charge in [-0.15, -0.1) is 0 Å². The van der Waals surface area contributed by atoms with E-state index >= 15 is 0 Å². The third-order valence-corrected chi connectivity index (χ3v) is 2.36. The maximum absolute atomic E-state index is 10.0. The number of aliphatic imine (C=N–C) groups is 1. The SMILES string of the molecule is O=C=NCc1cccc(-c2ccccc2)c1. The van der Waals surface area contributed by atoms with Crippen molar-refractivity contribution in [1.82, 2.24) is 0 Å². The molecule has 16 heavy (non-hydrogen) atoms. The number of isocyanates is 1. The van der Waals surface area contributed by atoms with Crippen LogP contribution in [0.15, 0.2) is 59.6 Å². The van der Waals surface area contributed by atoms with Gasteiger partial charge in [-0.1, -0.05) is 48.5 Å². The molecule has 2 aromatic carbocycles. The monoisotopic (exact) mass is 209 g/mol. The predicted molar refractivity (Wildman–Crippen MR) is 63.7 cm³/mol. The first-order valence-electron chi connectivity index (χ1n) is 5.08. The molecule has 0 bridgehead atoms. The lowest BCUT2D eigenvalue weighted by Gasteiger charge is -2.02. The highest BCUT2D eigenvalue weighted by molar-refractivity contribution is 5.63. The highest BCUT2D eigenvalue weighted by Gasteiger charge is 1.97. The largest absolute Gasteiger partial charge is 0.235 e. The van der Waals surface area contributed by atoms with Crippen LogP contribution in [0, 0.1) is 0 Å². The van der Waals surface area contributed by atoms with Crippen LogP contribution < -0.4 is 0 Å². The maximum atomic E-state index is 10.0. The lowest BCUT2D eigenvalue weighted by Crippen LogP contribution is -1.83. The zero-order chi connectivity index (χ0) is 11.2. The summed E-state index contributed by atoms with van der Waals surface area (Å²) in [4.78, 5) is 13.6. The van der Waals surface area contributed by atoms with Gasteiger partial charge < -0.3 is 0 Å². The number of hydrogen-bond donors (Lipinski definition) is 0. The third-order valence-electron chi connectivity index (χ3n) is 2.36. The lowest BCUT2D eigenvalue weighted by molar-refractivity contribution is 0.563. The second-order valence-corrected chi connectivity index (χ2v) is 3.47. The minimum atomic E-state index is 0.393. The Kier molecular flexibility index (Phi) is 3.27. The molecule has 0 atom stereocenters. The van der Waals surface area contributed by atoms with Gasteiger partial charge in [0.15, 0.2) is 0 Å². The van der Waals surface area contributed by atoms with Gasteiger partial charge >= 0.3 is 0 Å². The summed E-state index contributed by atoms with van der Waals surface area (Å²) >= 11 is 0. The van der Waals surface area contributed by atoms with Crippen LogP contribution in [0.4, 0.5) is 0 Å². The van der Waals surface area contributed by atoms with Gasteiger partial charge in [0.2, 0.25) is 6.08 Å². The van der Waals surface area contributed by atoms with Crippen LogP contribution in [0.2, 0.25) is 0 Å². The Hall–Kier alpha value is -2.18. The molecule has 0 unspecified atom stereocenters. The summed E-state index contributed by atoms with van der Waals surface area (Å²) in [5.74, 6) is 0. The smallest absolute Gasteiger partial charge is 0.211 e. The fourth-order valence-electron chi connectivity index (χ4n) is 1.60. The average molecular weight is 209 g/mol. The van der Waals surface area contributed by atoms with E-state index in [0.717, 1.165) is 11.1 Å². The highest BCUT2D eigenvalue weighted by atomic mass is 16.1. The van der Waals surface area contributed by atoms with Crippen molar-refractivity contribution in [2.75, 3.05) is 0 Å². The number of hydrogen-bond acceptors (Lipinski definition) is 2. The van der Waals surface area contributed by atoms with Crippen LogP contribution >= 0.6 is 0 Å². The zero-order valence-corrected chi connectivity index (χ0v) is 8.76. The van der Waals surface area contributed by atoms with Crippen LogP contribution in [0.25, 0.3) is 11.1 Å². The van der Waals surface area contributed by atoms with E-state index < -0.39 is 0 Å². The van der Waals surface area contributed by atoms with Crippen molar-refractivity contribution in [1.29, 1.82) is 0 Å². The van der Waals surface area contributed by atoms with Crippen molar-refractivity contribution in [3.05, 3.63) is 60.2 Å². The second-order valence-electron chi connectivity index (χ2n) is 3.47. The number of nitrogens with zero attached hydrogens (tertiary/aromatic N) is 1. The van der Waals surface area contributed by atoms with Crippen molar-refractivity contribution in [3.63, 3.8) is 0 Å². The molecule has 2 rings (SSSR count). The van der Waals surface area contributed by atoms with E-state index in [1.54, 1.807) is 6.08 Å². The van der Waals surface area contributed by atoms with Gasteiger partial charge in [0.25, 0.3) is 0 Å². The molecule has 0 spiro atoms. The number of carbonyl (C=O) groups excluding carboxylic acids is 1. The van der Waals surface area contributed by atoms with E-state index in [1.807, 2.05) is 42.5 Å². The van der Waals surface area contributed by atoms with E-state index in [9.17, 15) is 4.79 Å². The number of rotatable bonds is 3. The van der Waals surface area contributed by atoms with Crippen LogP contribution in [0.1, 0.15) is 5.56 Å². The molecular weight excluding hydrogens is 198 g/mol. The zero-order valence-electron chi connectivity index (χ0n) is 8.76. The molecule has 0 saturated carbocycles. The minimum Gasteiger partial charge on any atom is -0.211 e. The number of benzene rings is 2. The van der Waals surface area contributed by atoms with Gasteiger partial charge in [-0.25, -0.2) is 9.79 Å². The Morgan fingerprint density at radius 1 is 0.938 bits per heavy atom. The average Bonchev–Trinajstić information content (AvgIpc) is 2.38. The fourth-order valence-corrected chi connectivity index (χ4v) is 1.60. The predicted octanol–water partition coefficient (Wildman–Crippen LogP) is 3.19. The fraction of sp³-hybridized carbons (Fsp3) is 0.0714. The van der Waals surface area contributed by atoms with Gasteiger partial charge in [0.1, 0.15) is 0 Å². The van der Waals surface area contributed by atoms with E-state index in [4.69, 9.17) is 0 Å². The lowest BCUT2D eigenvalue weighted by atomic mass is 10.0. The van der Waals surface area contributed by atoms with Gasteiger partial charge in [0.05, 0.1) is 6.54 Å². The normalized spacial score (nSPS) is 9.50. The summed E-state index contributed by atoms with van der Waals surface area (Å²) in [6.07, 6.45) is 1.55. The van der Waals surface area contributed by atoms with Crippen molar-refractivity contribution < 1.29 is 4.79 Å². The Morgan fingerprint density at radius 2 is 1.69 bits per heavy atom. The standard InChI is InChI=1S/C14H11NO/c16-11-15-10-12-5-4-8-14(9-12)13-6-2-1-3-7-13/h1-9H,10H2. The Balaban J connectivity index is 2.32. The maximum Gasteiger partial charge on any atom is 0.235 e. The molecule has 0 aromatic heterocycles. The van der Waals surface area contributed by atoms with E-state index in [1.165, 1.54) is 5.56 Å². The Labute approximate surface area is 94.3 Å². The van der Waals surface area contributed by atoms with Crippen molar-refractivity contribution in [3.8, 4) is 11.1 Å². The van der Waals surface area contributed by atoms with Crippen LogP contribution in [-0.2, 0) is 11.3 Å². The van der Waals surface area contributed by atoms with E-state index in [0.29, 0.717) is 6.54 Å². The molecule has 2 aromatic rings. The van der Waals surface area contributed by atoms with Gasteiger partial charge in [0, 0.05) is 0 Å². The summed E-state index contributed by atoms with van der Waals surface area (Å²) < 4.78 is 0. The molecule has 0 aliphatic carbocycles. The van der Waals surface area contributed by atoms with Gasteiger partial charge in [-0.2, -0.15) is 0 Å². The second kappa shape index (κ2) is 5.06. The molecule has 2 heteroatoms. The Bertz CT molecular complexity index is 513. The first kappa shape index (κ1) is 10.3. The van der Waals surface area contributed by atoms with Gasteiger partial charge in [-0.05, 0) is 22.8 Å². The summed E-state index contributed by atoms with van der Waals surface area (Å²) in [6.45, 7) is 0.393. The molecule has 0 heterocycles. The Morgan fingerprint density at radius 3 is 2.44 bits per heavy atom. The molecule has 0 aliphatic heterocycles. The van der Waals surface area contributed by atoms with Crippen LogP contribution in [-0.4, -0.2) is 6.08 Å². The first-order chi connectivity index (χ1) is 7.90. The summed E-state index contributed by atoms with van der Waals surface area (Å²) in [5.41, 5.74) is 3.32. The van der Waals surface area contributed by atoms with E-state index in [-0.39, 0.29) is 0 Å². The van der Waals surface area contributed by atoms with Crippen LogP contribution in [0.3, 0.4) is 0 Å². The molecule has 2 nitrogen and oxygen atoms in total. The molecule has 0 amide bonds. The molecule has 0 aliphatic rings. The topological polar surface area (TPSA) is 29.4 Å². The van der Waals surface area contributed by atoms with Crippen molar-refractivity contribution in [2.24, 2.45) is 4.99 Å². The summed E-state index contributed by atoms with van der Waals surface area (Å²) in [6, 6.07) is 18.1. The molecule has 0 N–H and O–H groups in total. The third kappa shape index (κ3) is 2.44. The first-order valence-corrected chi connectivity index (χ1v) is 5.08. The van der Waals surface area contributed by atoms with Crippen molar-refractivity contribution in [2.45, 2.75) is 6.54 Å². The van der Waals surface area contributed by atoms with Crippen LogP contribution in [0.5, 0.6) is 0 Å². The van der Waals surface area contributed by atoms with E-state index in [2.05, 4.69) is 17.1 Å². The molecule has 0 fully saturated rings. The summed E-state index contributed by atoms with van der Waals surface area (Å²) in [5, 5.41) is 0. The molecule has 78 valence electrons. The molecule has 0 saturated heterocycles. The van der Waals surface area contributed by atoms with Crippen molar-refractivity contribution >= 4 is 6.08 Å². The minimum absolute atomic E-state index is 0.393. The molecular formula is C14H11NO. The highest BCUT2D eigenvalue weighted by Crippen LogP contribution is 2.20. The quantitative estimate of drug-likeness (QED) is 0.564.